The lowest BCUT2D eigenvalue weighted by atomic mass is 10.2. The van der Waals surface area contributed by atoms with E-state index in [0.29, 0.717) is 19.6 Å². The van der Waals surface area contributed by atoms with Crippen molar-refractivity contribution in [3.8, 4) is 0 Å². The smallest absolute Gasteiger partial charge is 0.221 e. The summed E-state index contributed by atoms with van der Waals surface area (Å²) in [4.78, 5) is 11.6. The molecule has 0 aromatic heterocycles. The van der Waals surface area contributed by atoms with E-state index in [-0.39, 0.29) is 18.1 Å². The fourth-order valence-electron chi connectivity index (χ4n) is 1.86. The summed E-state index contributed by atoms with van der Waals surface area (Å²) in [6, 6.07) is 0.206. The van der Waals surface area contributed by atoms with Gasteiger partial charge in [0.15, 0.2) is 5.79 Å². The van der Waals surface area contributed by atoms with Crippen molar-refractivity contribution in [1.29, 1.82) is 0 Å². The lowest BCUT2D eigenvalue weighted by Crippen LogP contribution is -2.38. The summed E-state index contributed by atoms with van der Waals surface area (Å²) in [5.41, 5.74) is 0. The molecule has 1 aliphatic heterocycles. The molecule has 5 heteroatoms. The molecule has 100 valence electrons. The van der Waals surface area contributed by atoms with Crippen molar-refractivity contribution in [2.24, 2.45) is 0 Å². The van der Waals surface area contributed by atoms with Gasteiger partial charge in [-0.05, 0) is 27.3 Å². The lowest BCUT2D eigenvalue weighted by Gasteiger charge is -2.17. The minimum Gasteiger partial charge on any atom is -0.353 e. The molecule has 1 aliphatic rings. The first-order chi connectivity index (χ1) is 7.93. The van der Waals surface area contributed by atoms with Gasteiger partial charge in [-0.3, -0.25) is 4.79 Å². The molecule has 0 aromatic carbocycles. The molecule has 0 radical (unpaired) electrons. The monoisotopic (exact) mass is 244 g/mol. The van der Waals surface area contributed by atoms with Crippen LogP contribution in [0.25, 0.3) is 0 Å². The van der Waals surface area contributed by atoms with Gasteiger partial charge in [0.2, 0.25) is 5.91 Å². The van der Waals surface area contributed by atoms with Gasteiger partial charge in [0.05, 0.1) is 6.61 Å². The molecule has 5 nitrogen and oxygen atoms in total. The average molecular weight is 244 g/mol. The second-order valence-electron chi connectivity index (χ2n) is 4.92. The Hall–Kier alpha value is -0.650. The molecule has 0 spiro atoms. The van der Waals surface area contributed by atoms with Gasteiger partial charge in [-0.25, -0.2) is 0 Å². The maximum Gasteiger partial charge on any atom is 0.221 e. The van der Waals surface area contributed by atoms with E-state index in [0.717, 1.165) is 6.54 Å². The number of carbonyl (C=O) groups excluding carboxylic acids is 1. The van der Waals surface area contributed by atoms with E-state index in [9.17, 15) is 4.79 Å². The van der Waals surface area contributed by atoms with E-state index in [1.807, 2.05) is 27.7 Å². The number of rotatable bonds is 6. The molecule has 2 unspecified atom stereocenters. The molecule has 2 N–H and O–H groups in total. The Morgan fingerprint density at radius 2 is 2.24 bits per heavy atom. The van der Waals surface area contributed by atoms with E-state index in [2.05, 4.69) is 10.6 Å². The third-order valence-electron chi connectivity index (χ3n) is 2.64. The average Bonchev–Trinajstić information content (AvgIpc) is 2.55. The summed E-state index contributed by atoms with van der Waals surface area (Å²) >= 11 is 0. The van der Waals surface area contributed by atoms with Crippen molar-refractivity contribution in [2.75, 3.05) is 19.7 Å². The summed E-state index contributed by atoms with van der Waals surface area (Å²) in [7, 11) is 0. The summed E-state index contributed by atoms with van der Waals surface area (Å²) in [5.74, 6) is -0.473. The zero-order valence-corrected chi connectivity index (χ0v) is 11.2. The van der Waals surface area contributed by atoms with Crippen LogP contribution in [0.4, 0.5) is 0 Å². The molecule has 1 rings (SSSR count). The maximum absolute atomic E-state index is 11.6. The highest BCUT2D eigenvalue weighted by Gasteiger charge is 2.32. The maximum atomic E-state index is 11.6. The third-order valence-corrected chi connectivity index (χ3v) is 2.64. The highest BCUT2D eigenvalue weighted by molar-refractivity contribution is 5.76. The molecular weight excluding hydrogens is 220 g/mol. The van der Waals surface area contributed by atoms with Gasteiger partial charge < -0.3 is 20.1 Å². The van der Waals surface area contributed by atoms with Crippen LogP contribution >= 0.6 is 0 Å². The summed E-state index contributed by atoms with van der Waals surface area (Å²) < 4.78 is 11.0. The second kappa shape index (κ2) is 6.33. The number of carbonyl (C=O) groups is 1. The molecule has 0 bridgehead atoms. The summed E-state index contributed by atoms with van der Waals surface area (Å²) in [5, 5.41) is 6.07. The van der Waals surface area contributed by atoms with Gasteiger partial charge in [-0.1, -0.05) is 6.92 Å². The highest BCUT2D eigenvalue weighted by Crippen LogP contribution is 2.21. The molecule has 1 amide bonds. The zero-order chi connectivity index (χ0) is 12.9. The Bertz CT molecular complexity index is 256. The first-order valence-electron chi connectivity index (χ1n) is 6.25. The third kappa shape index (κ3) is 5.48. The molecule has 17 heavy (non-hydrogen) atoms. The number of hydrogen-bond donors (Lipinski definition) is 2. The molecule has 2 atom stereocenters. The van der Waals surface area contributed by atoms with Gasteiger partial charge in [0, 0.05) is 19.0 Å². The summed E-state index contributed by atoms with van der Waals surface area (Å²) in [6.45, 7) is 9.71. The van der Waals surface area contributed by atoms with E-state index in [1.165, 1.54) is 0 Å². The van der Waals surface area contributed by atoms with Gasteiger partial charge in [0.25, 0.3) is 0 Å². The van der Waals surface area contributed by atoms with Crippen molar-refractivity contribution in [3.05, 3.63) is 0 Å². The molecule has 1 fully saturated rings. The number of hydrogen-bond acceptors (Lipinski definition) is 4. The van der Waals surface area contributed by atoms with Crippen LogP contribution in [0.2, 0.25) is 0 Å². The number of ether oxygens (including phenoxy) is 2. The van der Waals surface area contributed by atoms with Crippen LogP contribution in [0.3, 0.4) is 0 Å². The van der Waals surface area contributed by atoms with E-state index >= 15 is 0 Å². The fourth-order valence-corrected chi connectivity index (χ4v) is 1.86. The fraction of sp³-hybridized carbons (Fsp3) is 0.917. The predicted octanol–water partition coefficient (Wildman–Crippen LogP) is 0.642. The van der Waals surface area contributed by atoms with Gasteiger partial charge >= 0.3 is 0 Å². The lowest BCUT2D eigenvalue weighted by molar-refractivity contribution is -0.139. The predicted molar refractivity (Wildman–Crippen MR) is 65.7 cm³/mol. The molecule has 0 saturated carbocycles. The van der Waals surface area contributed by atoms with Crippen molar-refractivity contribution in [3.63, 3.8) is 0 Å². The second-order valence-corrected chi connectivity index (χ2v) is 4.92. The minimum atomic E-state index is -0.521. The van der Waals surface area contributed by atoms with Crippen LogP contribution in [0, 0.1) is 0 Å². The Balaban J connectivity index is 2.16. The largest absolute Gasteiger partial charge is 0.353 e. The van der Waals surface area contributed by atoms with Crippen LogP contribution in [-0.2, 0) is 14.3 Å². The number of nitrogens with one attached hydrogen (secondary N) is 2. The number of amides is 1. The molecule has 0 aliphatic carbocycles. The van der Waals surface area contributed by atoms with Crippen molar-refractivity contribution in [1.82, 2.24) is 10.6 Å². The van der Waals surface area contributed by atoms with Crippen LogP contribution < -0.4 is 10.6 Å². The van der Waals surface area contributed by atoms with Gasteiger partial charge in [0.1, 0.15) is 6.10 Å². The first-order valence-corrected chi connectivity index (χ1v) is 6.25. The standard InChI is InChI=1S/C12H24N2O3/c1-5-13-9(2)6-11(15)14-7-10-8-16-12(3,4)17-10/h9-10,13H,5-8H2,1-4H3,(H,14,15). The van der Waals surface area contributed by atoms with E-state index in [1.54, 1.807) is 0 Å². The van der Waals surface area contributed by atoms with Crippen molar-refractivity contribution >= 4 is 5.91 Å². The SMILES string of the molecule is CCNC(C)CC(=O)NCC1COC(C)(C)O1. The Kier molecular flexibility index (Phi) is 5.36. The molecule has 0 aromatic rings. The molecular formula is C12H24N2O3. The van der Waals surface area contributed by atoms with E-state index in [4.69, 9.17) is 9.47 Å². The molecule has 1 heterocycles. The minimum absolute atomic E-state index is 0.0385. The van der Waals surface area contributed by atoms with Crippen LogP contribution in [0.5, 0.6) is 0 Å². The topological polar surface area (TPSA) is 59.6 Å². The Labute approximate surface area is 103 Å². The Morgan fingerprint density at radius 3 is 2.76 bits per heavy atom. The quantitative estimate of drug-likeness (QED) is 0.720. The van der Waals surface area contributed by atoms with Crippen molar-refractivity contribution in [2.45, 2.75) is 52.0 Å². The van der Waals surface area contributed by atoms with E-state index < -0.39 is 5.79 Å². The molecule has 1 saturated heterocycles. The Morgan fingerprint density at radius 1 is 1.53 bits per heavy atom. The summed E-state index contributed by atoms with van der Waals surface area (Å²) in [6.07, 6.45) is 0.452. The highest BCUT2D eigenvalue weighted by atomic mass is 16.7. The van der Waals surface area contributed by atoms with Gasteiger partial charge in [-0.15, -0.1) is 0 Å². The van der Waals surface area contributed by atoms with Gasteiger partial charge in [-0.2, -0.15) is 0 Å². The zero-order valence-electron chi connectivity index (χ0n) is 11.2. The first kappa shape index (κ1) is 14.4. The normalized spacial score (nSPS) is 24.6. The van der Waals surface area contributed by atoms with Crippen LogP contribution in [0.1, 0.15) is 34.1 Å². The van der Waals surface area contributed by atoms with Crippen molar-refractivity contribution < 1.29 is 14.3 Å². The van der Waals surface area contributed by atoms with Crippen LogP contribution in [0.15, 0.2) is 0 Å². The van der Waals surface area contributed by atoms with Crippen LogP contribution in [-0.4, -0.2) is 43.5 Å².